The standard InChI is InChI=1S/C27H29N3O5/c1-33-24-15-18-11-12-30(17-19(18)16-25(24)34-2)13-14-35-21-9-7-20(8-10-21)29-27(32)23-6-4-3-5-22(23)26(28)31/h3-10,15-16H,11-14,17H2,1-2H3,(H2,28,31)(H,29,32). The Hall–Kier alpha value is -4.04. The summed E-state index contributed by atoms with van der Waals surface area (Å²) in [5, 5.41) is 2.79. The highest BCUT2D eigenvalue weighted by molar-refractivity contribution is 6.11. The van der Waals surface area contributed by atoms with Crippen molar-refractivity contribution in [2.24, 2.45) is 5.73 Å². The summed E-state index contributed by atoms with van der Waals surface area (Å²) in [6.45, 7) is 3.11. The Bertz CT molecular complexity index is 1210. The van der Waals surface area contributed by atoms with Crippen LogP contribution >= 0.6 is 0 Å². The van der Waals surface area contributed by atoms with E-state index in [2.05, 4.69) is 22.3 Å². The van der Waals surface area contributed by atoms with Crippen LogP contribution in [0, 0.1) is 0 Å². The third kappa shape index (κ3) is 5.73. The maximum atomic E-state index is 12.6. The summed E-state index contributed by atoms with van der Waals surface area (Å²) in [5.41, 5.74) is 8.91. The quantitative estimate of drug-likeness (QED) is 0.491. The van der Waals surface area contributed by atoms with Gasteiger partial charge in [-0.2, -0.15) is 0 Å². The predicted molar refractivity (Wildman–Crippen MR) is 133 cm³/mol. The van der Waals surface area contributed by atoms with E-state index in [0.717, 1.165) is 37.6 Å². The zero-order valence-electron chi connectivity index (χ0n) is 19.9. The van der Waals surface area contributed by atoms with Gasteiger partial charge in [0.1, 0.15) is 12.4 Å². The van der Waals surface area contributed by atoms with Crippen LogP contribution in [0.4, 0.5) is 5.69 Å². The number of anilines is 1. The summed E-state index contributed by atoms with van der Waals surface area (Å²) in [5.74, 6) is 1.18. The normalized spacial score (nSPS) is 13.0. The third-order valence-electron chi connectivity index (χ3n) is 6.02. The van der Waals surface area contributed by atoms with Gasteiger partial charge < -0.3 is 25.3 Å². The SMILES string of the molecule is COc1cc2c(cc1OC)CN(CCOc1ccc(NC(=O)c3ccccc3C(N)=O)cc1)CC2. The molecule has 0 saturated carbocycles. The maximum Gasteiger partial charge on any atom is 0.256 e. The molecular formula is C27H29N3O5. The van der Waals surface area contributed by atoms with Gasteiger partial charge in [0.15, 0.2) is 11.5 Å². The van der Waals surface area contributed by atoms with Crippen LogP contribution in [-0.2, 0) is 13.0 Å². The van der Waals surface area contributed by atoms with Crippen LogP contribution in [0.1, 0.15) is 31.8 Å². The number of methoxy groups -OCH3 is 2. The minimum Gasteiger partial charge on any atom is -0.493 e. The third-order valence-corrected chi connectivity index (χ3v) is 6.02. The van der Waals surface area contributed by atoms with E-state index in [1.54, 1.807) is 56.7 Å². The molecule has 8 nitrogen and oxygen atoms in total. The van der Waals surface area contributed by atoms with E-state index in [4.69, 9.17) is 19.9 Å². The molecule has 1 aliphatic rings. The number of benzene rings is 3. The van der Waals surface area contributed by atoms with Gasteiger partial charge in [0.2, 0.25) is 5.91 Å². The Balaban J connectivity index is 1.29. The number of nitrogens with one attached hydrogen (secondary N) is 1. The number of rotatable bonds is 9. The number of primary amides is 1. The number of carbonyl (C=O) groups excluding carboxylic acids is 2. The van der Waals surface area contributed by atoms with Crippen molar-refractivity contribution < 1.29 is 23.8 Å². The lowest BCUT2D eigenvalue weighted by atomic mass is 9.99. The molecule has 3 aromatic rings. The van der Waals surface area contributed by atoms with Gasteiger partial charge in [0.25, 0.3) is 5.91 Å². The van der Waals surface area contributed by atoms with E-state index in [0.29, 0.717) is 18.0 Å². The van der Waals surface area contributed by atoms with Crippen LogP contribution in [0.15, 0.2) is 60.7 Å². The molecule has 0 aliphatic carbocycles. The molecule has 2 amide bonds. The molecule has 0 bridgehead atoms. The lowest BCUT2D eigenvalue weighted by Crippen LogP contribution is -2.33. The first-order chi connectivity index (χ1) is 17.0. The lowest BCUT2D eigenvalue weighted by molar-refractivity contribution is 0.0977. The van der Waals surface area contributed by atoms with Gasteiger partial charge in [-0.1, -0.05) is 12.1 Å². The zero-order chi connectivity index (χ0) is 24.8. The molecule has 0 spiro atoms. The summed E-state index contributed by atoms with van der Waals surface area (Å²) in [7, 11) is 3.30. The van der Waals surface area contributed by atoms with Crippen LogP contribution in [-0.4, -0.2) is 50.6 Å². The fourth-order valence-electron chi connectivity index (χ4n) is 4.15. The highest BCUT2D eigenvalue weighted by atomic mass is 16.5. The number of hydrogen-bond acceptors (Lipinski definition) is 6. The molecule has 182 valence electrons. The lowest BCUT2D eigenvalue weighted by Gasteiger charge is -2.29. The molecule has 0 unspecified atom stereocenters. The highest BCUT2D eigenvalue weighted by Crippen LogP contribution is 2.33. The number of carbonyl (C=O) groups is 2. The molecule has 35 heavy (non-hydrogen) atoms. The van der Waals surface area contributed by atoms with E-state index in [-0.39, 0.29) is 11.1 Å². The predicted octanol–water partition coefficient (Wildman–Crippen LogP) is 3.49. The fourth-order valence-corrected chi connectivity index (χ4v) is 4.15. The Morgan fingerprint density at radius 3 is 2.26 bits per heavy atom. The highest BCUT2D eigenvalue weighted by Gasteiger charge is 2.19. The van der Waals surface area contributed by atoms with Gasteiger partial charge in [0.05, 0.1) is 25.3 Å². The molecule has 3 aromatic carbocycles. The largest absolute Gasteiger partial charge is 0.493 e. The number of fused-ring (bicyclic) bond motifs is 1. The van der Waals surface area contributed by atoms with Crippen LogP contribution in [0.5, 0.6) is 17.2 Å². The zero-order valence-corrected chi connectivity index (χ0v) is 19.9. The Morgan fingerprint density at radius 2 is 1.60 bits per heavy atom. The molecule has 0 saturated heterocycles. The Morgan fingerprint density at radius 1 is 0.943 bits per heavy atom. The molecular weight excluding hydrogens is 446 g/mol. The van der Waals surface area contributed by atoms with Crippen molar-refractivity contribution in [1.82, 2.24) is 4.90 Å². The van der Waals surface area contributed by atoms with Gasteiger partial charge in [-0.25, -0.2) is 0 Å². The molecule has 1 heterocycles. The first-order valence-corrected chi connectivity index (χ1v) is 11.4. The van der Waals surface area contributed by atoms with Crippen molar-refractivity contribution in [3.8, 4) is 17.2 Å². The fraction of sp³-hybridized carbons (Fsp3) is 0.259. The second kappa shape index (κ2) is 10.9. The first-order valence-electron chi connectivity index (χ1n) is 11.4. The van der Waals surface area contributed by atoms with Gasteiger partial charge in [-0.05, 0) is 66.1 Å². The van der Waals surface area contributed by atoms with E-state index in [9.17, 15) is 9.59 Å². The number of nitrogens with zero attached hydrogens (tertiary/aromatic N) is 1. The molecule has 3 N–H and O–H groups in total. The maximum absolute atomic E-state index is 12.6. The minimum absolute atomic E-state index is 0.183. The number of ether oxygens (including phenoxy) is 3. The van der Waals surface area contributed by atoms with E-state index in [1.165, 1.54) is 17.2 Å². The van der Waals surface area contributed by atoms with Gasteiger partial charge in [-0.3, -0.25) is 14.5 Å². The van der Waals surface area contributed by atoms with Crippen molar-refractivity contribution in [2.45, 2.75) is 13.0 Å². The molecule has 0 fully saturated rings. The van der Waals surface area contributed by atoms with Crippen molar-refractivity contribution in [1.29, 1.82) is 0 Å². The van der Waals surface area contributed by atoms with Gasteiger partial charge >= 0.3 is 0 Å². The van der Waals surface area contributed by atoms with Crippen molar-refractivity contribution in [3.63, 3.8) is 0 Å². The summed E-state index contributed by atoms with van der Waals surface area (Å²) in [6.07, 6.45) is 0.947. The topological polar surface area (TPSA) is 103 Å². The molecule has 0 aromatic heterocycles. The second-order valence-corrected chi connectivity index (χ2v) is 8.24. The molecule has 1 aliphatic heterocycles. The molecule has 4 rings (SSSR count). The Kier molecular flexibility index (Phi) is 7.52. The number of amides is 2. The summed E-state index contributed by atoms with van der Waals surface area (Å²) in [6, 6.07) is 17.7. The number of hydrogen-bond donors (Lipinski definition) is 2. The van der Waals surface area contributed by atoms with Crippen molar-refractivity contribution in [3.05, 3.63) is 82.9 Å². The second-order valence-electron chi connectivity index (χ2n) is 8.24. The minimum atomic E-state index is -0.643. The average molecular weight is 476 g/mol. The first kappa shape index (κ1) is 24.1. The van der Waals surface area contributed by atoms with E-state index in [1.807, 2.05) is 0 Å². The van der Waals surface area contributed by atoms with Crippen LogP contribution < -0.4 is 25.3 Å². The summed E-state index contributed by atoms with van der Waals surface area (Å²) in [4.78, 5) is 26.5. The van der Waals surface area contributed by atoms with Crippen LogP contribution in [0.25, 0.3) is 0 Å². The van der Waals surface area contributed by atoms with Gasteiger partial charge in [-0.15, -0.1) is 0 Å². The van der Waals surface area contributed by atoms with Crippen molar-refractivity contribution >= 4 is 17.5 Å². The summed E-state index contributed by atoms with van der Waals surface area (Å²) >= 11 is 0. The smallest absolute Gasteiger partial charge is 0.256 e. The van der Waals surface area contributed by atoms with E-state index >= 15 is 0 Å². The molecule has 8 heteroatoms. The van der Waals surface area contributed by atoms with Crippen LogP contribution in [0.3, 0.4) is 0 Å². The van der Waals surface area contributed by atoms with Gasteiger partial charge in [0, 0.05) is 25.3 Å². The molecule has 0 atom stereocenters. The Labute approximate surface area is 204 Å². The van der Waals surface area contributed by atoms with Crippen molar-refractivity contribution in [2.75, 3.05) is 39.2 Å². The average Bonchev–Trinajstić information content (AvgIpc) is 2.88. The monoisotopic (exact) mass is 475 g/mol. The van der Waals surface area contributed by atoms with E-state index < -0.39 is 11.8 Å². The summed E-state index contributed by atoms with van der Waals surface area (Å²) < 4.78 is 16.8. The van der Waals surface area contributed by atoms with Crippen LogP contribution in [0.2, 0.25) is 0 Å². The molecule has 0 radical (unpaired) electrons. The number of nitrogens with two attached hydrogens (primary N) is 1.